The van der Waals surface area contributed by atoms with Gasteiger partial charge in [0, 0.05) is 18.9 Å². The van der Waals surface area contributed by atoms with Crippen molar-refractivity contribution in [3.05, 3.63) is 71.0 Å². The number of ether oxygens (including phenoxy) is 1. The summed E-state index contributed by atoms with van der Waals surface area (Å²) in [5.74, 6) is 1.03. The van der Waals surface area contributed by atoms with E-state index in [4.69, 9.17) is 9.72 Å². The first-order valence-corrected chi connectivity index (χ1v) is 11.1. The quantitative estimate of drug-likeness (QED) is 0.581. The molecule has 2 aromatic carbocycles. The van der Waals surface area contributed by atoms with Gasteiger partial charge in [-0.2, -0.15) is 0 Å². The molecule has 1 fully saturated rings. The van der Waals surface area contributed by atoms with Crippen LogP contribution in [0.3, 0.4) is 0 Å². The molecule has 1 saturated heterocycles. The maximum absolute atomic E-state index is 12.4. The van der Waals surface area contributed by atoms with E-state index < -0.39 is 0 Å². The van der Waals surface area contributed by atoms with Crippen molar-refractivity contribution in [2.75, 3.05) is 24.3 Å². The summed E-state index contributed by atoms with van der Waals surface area (Å²) in [5, 5.41) is 11.0. The molecule has 0 saturated carbocycles. The van der Waals surface area contributed by atoms with Crippen molar-refractivity contribution in [2.45, 2.75) is 37.3 Å². The number of benzene rings is 2. The van der Waals surface area contributed by atoms with Crippen molar-refractivity contribution >= 4 is 23.4 Å². The zero-order valence-electron chi connectivity index (χ0n) is 17.3. The topological polar surface area (TPSA) is 79.9 Å². The van der Waals surface area contributed by atoms with Gasteiger partial charge in [0.15, 0.2) is 0 Å². The maximum atomic E-state index is 12.4. The number of anilines is 1. The third kappa shape index (κ3) is 4.42. The van der Waals surface area contributed by atoms with Crippen LogP contribution in [0.4, 0.5) is 5.69 Å². The molecule has 0 unspecified atom stereocenters. The third-order valence-electron chi connectivity index (χ3n) is 5.71. The van der Waals surface area contributed by atoms with Crippen molar-refractivity contribution in [3.8, 4) is 0 Å². The maximum Gasteiger partial charge on any atom is 0.234 e. The van der Waals surface area contributed by atoms with Crippen LogP contribution in [0.2, 0.25) is 0 Å². The smallest absolute Gasteiger partial charge is 0.234 e. The molecule has 6 nitrogen and oxygen atoms in total. The van der Waals surface area contributed by atoms with Crippen molar-refractivity contribution in [2.24, 2.45) is 0 Å². The number of carbonyl (C=O) groups is 1. The van der Waals surface area contributed by atoms with Gasteiger partial charge in [0.25, 0.3) is 0 Å². The number of aromatic amines is 1. The summed E-state index contributed by atoms with van der Waals surface area (Å²) in [6.45, 7) is 5.47. The molecule has 2 N–H and O–H groups in total. The van der Waals surface area contributed by atoms with Crippen LogP contribution in [0.5, 0.6) is 0 Å². The van der Waals surface area contributed by atoms with E-state index in [2.05, 4.69) is 46.7 Å². The number of nitrogens with one attached hydrogen (secondary N) is 2. The Labute approximate surface area is 180 Å². The minimum absolute atomic E-state index is 0.0709. The molecule has 7 heteroatoms. The Morgan fingerprint density at radius 2 is 1.90 bits per heavy atom. The standard InChI is InChI=1S/C23H26N4O2S/c1-16-8-9-19(14-17(16)2)24-20(28)15-30-22-25-21(26-27-22)23(10-12-29-13-11-23)18-6-4-3-5-7-18/h3-9,14H,10-13,15H2,1-2H3,(H,24,28)(H,25,26,27). The van der Waals surface area contributed by atoms with E-state index in [1.165, 1.54) is 22.9 Å². The first kappa shape index (κ1) is 20.6. The van der Waals surface area contributed by atoms with Crippen molar-refractivity contribution in [3.63, 3.8) is 0 Å². The van der Waals surface area contributed by atoms with E-state index in [-0.39, 0.29) is 17.1 Å². The number of thioether (sulfide) groups is 1. The lowest BCUT2D eigenvalue weighted by atomic mass is 9.73. The van der Waals surface area contributed by atoms with E-state index in [9.17, 15) is 4.79 Å². The number of rotatable bonds is 6. The molecular weight excluding hydrogens is 396 g/mol. The highest BCUT2D eigenvalue weighted by atomic mass is 32.2. The summed E-state index contributed by atoms with van der Waals surface area (Å²) in [4.78, 5) is 17.1. The molecule has 1 aromatic heterocycles. The number of aromatic nitrogens is 3. The highest BCUT2D eigenvalue weighted by Gasteiger charge is 2.39. The number of aryl methyl sites for hydroxylation is 2. The molecule has 1 aliphatic rings. The highest BCUT2D eigenvalue weighted by molar-refractivity contribution is 7.99. The van der Waals surface area contributed by atoms with Gasteiger partial charge < -0.3 is 10.1 Å². The number of H-pyrrole nitrogens is 1. The van der Waals surface area contributed by atoms with E-state index in [1.807, 2.05) is 31.2 Å². The first-order chi connectivity index (χ1) is 14.6. The number of hydrogen-bond donors (Lipinski definition) is 2. The summed E-state index contributed by atoms with van der Waals surface area (Å²) < 4.78 is 5.61. The second kappa shape index (κ2) is 9.02. The fraction of sp³-hybridized carbons (Fsp3) is 0.348. The van der Waals surface area contributed by atoms with Gasteiger partial charge in [0.1, 0.15) is 5.82 Å². The zero-order valence-corrected chi connectivity index (χ0v) is 18.1. The largest absolute Gasteiger partial charge is 0.381 e. The van der Waals surface area contributed by atoms with Gasteiger partial charge in [-0.15, -0.1) is 5.10 Å². The lowest BCUT2D eigenvalue weighted by molar-refractivity contribution is -0.113. The molecular formula is C23H26N4O2S. The van der Waals surface area contributed by atoms with E-state index in [0.29, 0.717) is 18.4 Å². The number of amides is 1. The van der Waals surface area contributed by atoms with Crippen molar-refractivity contribution in [1.82, 2.24) is 15.2 Å². The fourth-order valence-corrected chi connectivity index (χ4v) is 4.41. The van der Waals surface area contributed by atoms with Crippen molar-refractivity contribution in [1.29, 1.82) is 0 Å². The van der Waals surface area contributed by atoms with Crippen LogP contribution in [0.15, 0.2) is 53.7 Å². The molecule has 4 rings (SSSR count). The molecule has 0 bridgehead atoms. The summed E-state index contributed by atoms with van der Waals surface area (Å²) in [7, 11) is 0. The predicted octanol–water partition coefficient (Wildman–Crippen LogP) is 4.25. The van der Waals surface area contributed by atoms with Crippen molar-refractivity contribution < 1.29 is 9.53 Å². The Hall–Kier alpha value is -2.64. The van der Waals surface area contributed by atoms with Crippen LogP contribution in [-0.4, -0.2) is 40.1 Å². The lowest BCUT2D eigenvalue weighted by Crippen LogP contribution is -2.36. The number of hydrogen-bond acceptors (Lipinski definition) is 5. The van der Waals surface area contributed by atoms with E-state index in [0.717, 1.165) is 29.9 Å². The summed E-state index contributed by atoms with van der Waals surface area (Å²) in [6, 6.07) is 16.3. The minimum Gasteiger partial charge on any atom is -0.381 e. The molecule has 0 radical (unpaired) electrons. The molecule has 30 heavy (non-hydrogen) atoms. The summed E-state index contributed by atoms with van der Waals surface area (Å²) in [5.41, 5.74) is 4.16. The van der Waals surface area contributed by atoms with Gasteiger partial charge in [0.2, 0.25) is 11.1 Å². The lowest BCUT2D eigenvalue weighted by Gasteiger charge is -2.35. The second-order valence-electron chi connectivity index (χ2n) is 7.66. The Bertz CT molecular complexity index is 1010. The molecule has 1 aliphatic heterocycles. The minimum atomic E-state index is -0.229. The van der Waals surface area contributed by atoms with Crippen LogP contribution in [-0.2, 0) is 14.9 Å². The van der Waals surface area contributed by atoms with E-state index in [1.54, 1.807) is 0 Å². The van der Waals surface area contributed by atoms with Crippen LogP contribution in [0.25, 0.3) is 0 Å². The first-order valence-electron chi connectivity index (χ1n) is 10.1. The summed E-state index contributed by atoms with van der Waals surface area (Å²) in [6.07, 6.45) is 1.70. The Balaban J connectivity index is 1.44. The molecule has 0 atom stereocenters. The van der Waals surface area contributed by atoms with Gasteiger partial charge in [-0.05, 0) is 55.5 Å². The summed E-state index contributed by atoms with van der Waals surface area (Å²) >= 11 is 1.34. The van der Waals surface area contributed by atoms with Crippen LogP contribution < -0.4 is 5.32 Å². The molecule has 0 spiro atoms. The fourth-order valence-electron chi connectivity index (χ4n) is 3.81. The normalized spacial score (nSPS) is 15.7. The zero-order chi connectivity index (χ0) is 21.0. The van der Waals surface area contributed by atoms with Gasteiger partial charge in [-0.25, -0.2) is 4.98 Å². The Kier molecular flexibility index (Phi) is 6.20. The monoisotopic (exact) mass is 422 g/mol. The van der Waals surface area contributed by atoms with Crippen LogP contribution in [0.1, 0.15) is 35.4 Å². The average Bonchev–Trinajstić information content (AvgIpc) is 3.26. The van der Waals surface area contributed by atoms with Gasteiger partial charge in [-0.1, -0.05) is 48.2 Å². The molecule has 156 valence electrons. The third-order valence-corrected chi connectivity index (χ3v) is 6.56. The Morgan fingerprint density at radius 1 is 1.13 bits per heavy atom. The second-order valence-corrected chi connectivity index (χ2v) is 8.61. The Morgan fingerprint density at radius 3 is 2.63 bits per heavy atom. The number of carbonyl (C=O) groups excluding carboxylic acids is 1. The molecule has 1 amide bonds. The van der Waals surface area contributed by atoms with Crippen LogP contribution in [0, 0.1) is 13.8 Å². The van der Waals surface area contributed by atoms with Gasteiger partial charge in [0.05, 0.1) is 11.2 Å². The molecule has 0 aliphatic carbocycles. The van der Waals surface area contributed by atoms with Gasteiger partial charge >= 0.3 is 0 Å². The predicted molar refractivity (Wildman–Crippen MR) is 119 cm³/mol. The van der Waals surface area contributed by atoms with Crippen LogP contribution >= 0.6 is 11.8 Å². The van der Waals surface area contributed by atoms with E-state index >= 15 is 0 Å². The highest BCUT2D eigenvalue weighted by Crippen LogP contribution is 2.39. The average molecular weight is 423 g/mol. The van der Waals surface area contributed by atoms with Gasteiger partial charge in [-0.3, -0.25) is 9.89 Å². The number of nitrogens with zero attached hydrogens (tertiary/aromatic N) is 2. The SMILES string of the molecule is Cc1ccc(NC(=O)CSc2n[nH]c(C3(c4ccccc4)CCOCC3)n2)cc1C. The molecule has 3 aromatic rings. The molecule has 2 heterocycles.